The Balaban J connectivity index is 1.88. The molecule has 4 nitrogen and oxygen atoms in total. The molecule has 1 N–H and O–H groups in total. The van der Waals surface area contributed by atoms with Crippen molar-refractivity contribution in [3.05, 3.63) is 28.8 Å². The van der Waals surface area contributed by atoms with E-state index in [1.165, 1.54) is 0 Å². The van der Waals surface area contributed by atoms with Crippen molar-refractivity contribution < 1.29 is 9.53 Å². The number of nitrogens with one attached hydrogen (secondary N) is 1. The quantitative estimate of drug-likeness (QED) is 0.783. The Morgan fingerprint density at radius 3 is 2.73 bits per heavy atom. The lowest BCUT2D eigenvalue weighted by Gasteiger charge is -2.26. The molecule has 1 aromatic carbocycles. The Kier molecular flexibility index (Phi) is 6.68. The van der Waals surface area contributed by atoms with E-state index in [4.69, 9.17) is 16.3 Å². The van der Waals surface area contributed by atoms with Gasteiger partial charge in [0.2, 0.25) is 0 Å². The summed E-state index contributed by atoms with van der Waals surface area (Å²) in [7, 11) is 0. The first-order chi connectivity index (χ1) is 10.6. The minimum Gasteiger partial charge on any atom is -0.493 e. The number of ketones is 1. The molecular formula is C17H25ClN2O2. The van der Waals surface area contributed by atoms with Crippen LogP contribution >= 0.6 is 11.6 Å². The average molecular weight is 325 g/mol. The average Bonchev–Trinajstić information content (AvgIpc) is 2.51. The van der Waals surface area contributed by atoms with E-state index in [1.807, 2.05) is 6.07 Å². The highest BCUT2D eigenvalue weighted by atomic mass is 35.5. The van der Waals surface area contributed by atoms with Gasteiger partial charge in [-0.15, -0.1) is 0 Å². The molecule has 1 heterocycles. The number of benzene rings is 1. The van der Waals surface area contributed by atoms with Crippen LogP contribution in [0.5, 0.6) is 5.75 Å². The van der Waals surface area contributed by atoms with Gasteiger partial charge in [0, 0.05) is 44.7 Å². The van der Waals surface area contributed by atoms with Gasteiger partial charge in [0.1, 0.15) is 5.75 Å². The van der Waals surface area contributed by atoms with Crippen LogP contribution in [0.1, 0.15) is 30.6 Å². The van der Waals surface area contributed by atoms with Crippen LogP contribution in [0.15, 0.2) is 18.2 Å². The van der Waals surface area contributed by atoms with Crippen molar-refractivity contribution in [3.8, 4) is 5.75 Å². The number of hydrogen-bond donors (Lipinski definition) is 1. The highest BCUT2D eigenvalue weighted by Crippen LogP contribution is 2.24. The molecule has 0 radical (unpaired) electrons. The van der Waals surface area contributed by atoms with E-state index < -0.39 is 0 Å². The van der Waals surface area contributed by atoms with E-state index in [9.17, 15) is 4.79 Å². The summed E-state index contributed by atoms with van der Waals surface area (Å²) >= 11 is 6.24. The maximum absolute atomic E-state index is 12.3. The molecule has 22 heavy (non-hydrogen) atoms. The minimum atomic E-state index is 0.0962. The number of halogens is 1. The van der Waals surface area contributed by atoms with E-state index in [2.05, 4.69) is 24.1 Å². The van der Waals surface area contributed by atoms with Crippen molar-refractivity contribution in [1.82, 2.24) is 10.2 Å². The second-order valence-corrected chi connectivity index (χ2v) is 6.52. The molecule has 1 aromatic rings. The molecule has 0 saturated carbocycles. The summed E-state index contributed by atoms with van der Waals surface area (Å²) < 4.78 is 5.63. The molecule has 0 atom stereocenters. The Morgan fingerprint density at radius 1 is 1.36 bits per heavy atom. The van der Waals surface area contributed by atoms with Crippen LogP contribution in [-0.4, -0.2) is 50.0 Å². The number of Topliss-reactive ketones (excluding diaryl/α,β-unsaturated/α-hetero) is 1. The summed E-state index contributed by atoms with van der Waals surface area (Å²) in [6, 6.07) is 5.34. The molecule has 5 heteroatoms. The maximum atomic E-state index is 12.3. The minimum absolute atomic E-state index is 0.0962. The van der Waals surface area contributed by atoms with E-state index in [0.29, 0.717) is 29.5 Å². The monoisotopic (exact) mass is 324 g/mol. The number of carbonyl (C=O) groups excluding carboxylic acids is 1. The van der Waals surface area contributed by atoms with Crippen LogP contribution < -0.4 is 10.1 Å². The van der Waals surface area contributed by atoms with Crippen LogP contribution in [0, 0.1) is 5.92 Å². The summed E-state index contributed by atoms with van der Waals surface area (Å²) in [5.74, 6) is 1.27. The SMILES string of the molecule is CC(C)COc1ccc(C(=O)CCN2CCNCC2)c(Cl)c1. The Morgan fingerprint density at radius 2 is 2.09 bits per heavy atom. The van der Waals surface area contributed by atoms with Crippen molar-refractivity contribution in [2.45, 2.75) is 20.3 Å². The molecular weight excluding hydrogens is 300 g/mol. The van der Waals surface area contributed by atoms with E-state index in [1.54, 1.807) is 12.1 Å². The fourth-order valence-corrected chi connectivity index (χ4v) is 2.68. The number of hydrogen-bond acceptors (Lipinski definition) is 4. The van der Waals surface area contributed by atoms with Gasteiger partial charge < -0.3 is 15.0 Å². The molecule has 1 aliphatic rings. The van der Waals surface area contributed by atoms with E-state index in [0.717, 1.165) is 38.5 Å². The van der Waals surface area contributed by atoms with Crippen LogP contribution in [0.4, 0.5) is 0 Å². The normalized spacial score (nSPS) is 16.0. The standard InChI is InChI=1S/C17H25ClN2O2/c1-13(2)12-22-14-3-4-15(16(18)11-14)17(21)5-8-20-9-6-19-7-10-20/h3-4,11,13,19H,5-10,12H2,1-2H3. The number of ether oxygens (including phenoxy) is 1. The predicted molar refractivity (Wildman–Crippen MR) is 90.0 cm³/mol. The molecule has 2 rings (SSSR count). The summed E-state index contributed by atoms with van der Waals surface area (Å²) in [5, 5.41) is 3.79. The van der Waals surface area contributed by atoms with Crippen molar-refractivity contribution >= 4 is 17.4 Å². The van der Waals surface area contributed by atoms with Crippen molar-refractivity contribution in [2.75, 3.05) is 39.3 Å². The second kappa shape index (κ2) is 8.51. The van der Waals surface area contributed by atoms with Crippen LogP contribution in [0.3, 0.4) is 0 Å². The molecule has 0 spiro atoms. The highest BCUT2D eigenvalue weighted by molar-refractivity contribution is 6.34. The summed E-state index contributed by atoms with van der Waals surface area (Å²) in [5.41, 5.74) is 0.591. The molecule has 0 amide bonds. The highest BCUT2D eigenvalue weighted by Gasteiger charge is 2.15. The summed E-state index contributed by atoms with van der Waals surface area (Å²) in [6.07, 6.45) is 0.506. The molecule has 0 unspecified atom stereocenters. The van der Waals surface area contributed by atoms with Gasteiger partial charge in [0.25, 0.3) is 0 Å². The summed E-state index contributed by atoms with van der Waals surface area (Å²) in [6.45, 7) is 9.62. The third kappa shape index (κ3) is 5.27. The predicted octanol–water partition coefficient (Wildman–Crippen LogP) is 2.85. The zero-order valence-electron chi connectivity index (χ0n) is 13.4. The molecule has 1 fully saturated rings. The first-order valence-corrected chi connectivity index (χ1v) is 8.32. The van der Waals surface area contributed by atoms with Crippen LogP contribution in [-0.2, 0) is 0 Å². The Labute approximate surface area is 137 Å². The third-order valence-corrected chi connectivity index (χ3v) is 4.00. The first kappa shape index (κ1) is 17.3. The lowest BCUT2D eigenvalue weighted by Crippen LogP contribution is -2.44. The lowest BCUT2D eigenvalue weighted by molar-refractivity contribution is 0.0961. The number of nitrogens with zero attached hydrogens (tertiary/aromatic N) is 1. The Bertz CT molecular complexity index is 499. The van der Waals surface area contributed by atoms with Gasteiger partial charge in [-0.3, -0.25) is 4.79 Å². The van der Waals surface area contributed by atoms with Crippen LogP contribution in [0.25, 0.3) is 0 Å². The maximum Gasteiger partial charge on any atom is 0.165 e. The van der Waals surface area contributed by atoms with Crippen molar-refractivity contribution in [1.29, 1.82) is 0 Å². The van der Waals surface area contributed by atoms with Gasteiger partial charge in [-0.2, -0.15) is 0 Å². The zero-order valence-corrected chi connectivity index (χ0v) is 14.2. The van der Waals surface area contributed by atoms with Gasteiger partial charge >= 0.3 is 0 Å². The summed E-state index contributed by atoms with van der Waals surface area (Å²) in [4.78, 5) is 14.6. The zero-order chi connectivity index (χ0) is 15.9. The van der Waals surface area contributed by atoms with Gasteiger partial charge in [-0.1, -0.05) is 25.4 Å². The Hall–Kier alpha value is -1.10. The molecule has 122 valence electrons. The molecule has 1 saturated heterocycles. The number of rotatable bonds is 7. The van der Waals surface area contributed by atoms with Crippen molar-refractivity contribution in [2.24, 2.45) is 5.92 Å². The van der Waals surface area contributed by atoms with Gasteiger partial charge in [0.15, 0.2) is 5.78 Å². The number of piperazine rings is 1. The van der Waals surface area contributed by atoms with E-state index >= 15 is 0 Å². The van der Waals surface area contributed by atoms with Gasteiger partial charge in [-0.05, 0) is 24.1 Å². The molecule has 0 aliphatic carbocycles. The third-order valence-electron chi connectivity index (χ3n) is 3.69. The second-order valence-electron chi connectivity index (χ2n) is 6.11. The fourth-order valence-electron chi connectivity index (χ4n) is 2.40. The molecule has 0 aromatic heterocycles. The van der Waals surface area contributed by atoms with Gasteiger partial charge in [0.05, 0.1) is 11.6 Å². The first-order valence-electron chi connectivity index (χ1n) is 7.95. The smallest absolute Gasteiger partial charge is 0.165 e. The number of carbonyl (C=O) groups is 1. The van der Waals surface area contributed by atoms with Crippen LogP contribution in [0.2, 0.25) is 5.02 Å². The van der Waals surface area contributed by atoms with Crippen molar-refractivity contribution in [3.63, 3.8) is 0 Å². The lowest BCUT2D eigenvalue weighted by atomic mass is 10.1. The fraction of sp³-hybridized carbons (Fsp3) is 0.588. The van der Waals surface area contributed by atoms with Gasteiger partial charge in [-0.25, -0.2) is 0 Å². The largest absolute Gasteiger partial charge is 0.493 e. The van der Waals surface area contributed by atoms with E-state index in [-0.39, 0.29) is 5.78 Å². The molecule has 1 aliphatic heterocycles. The molecule has 0 bridgehead atoms. The topological polar surface area (TPSA) is 41.6 Å².